The minimum absolute atomic E-state index is 0.0330. The van der Waals surface area contributed by atoms with Crippen LogP contribution in [0, 0.1) is 0 Å². The Labute approximate surface area is 199 Å². The van der Waals surface area contributed by atoms with E-state index in [1.807, 2.05) is 39.8 Å². The SMILES string of the molecule is COc1ccc(C(=O)N2CCN(CC(=O)N3CCC(C)Sc4ccccc43)CC2)cc1OC. The molecule has 4 rings (SSSR count). The molecule has 0 aliphatic carbocycles. The van der Waals surface area contributed by atoms with Gasteiger partial charge in [-0.1, -0.05) is 19.1 Å². The third-order valence-electron chi connectivity index (χ3n) is 6.19. The maximum Gasteiger partial charge on any atom is 0.254 e. The van der Waals surface area contributed by atoms with Crippen LogP contribution in [0.1, 0.15) is 23.7 Å². The zero-order valence-electron chi connectivity index (χ0n) is 19.5. The highest BCUT2D eigenvalue weighted by molar-refractivity contribution is 8.00. The lowest BCUT2D eigenvalue weighted by Crippen LogP contribution is -2.51. The van der Waals surface area contributed by atoms with Crippen LogP contribution in [0.25, 0.3) is 0 Å². The monoisotopic (exact) mass is 469 g/mol. The number of fused-ring (bicyclic) bond motifs is 1. The van der Waals surface area contributed by atoms with Crippen molar-refractivity contribution in [1.82, 2.24) is 9.80 Å². The Kier molecular flexibility index (Phi) is 7.45. The van der Waals surface area contributed by atoms with Gasteiger partial charge in [-0.2, -0.15) is 0 Å². The van der Waals surface area contributed by atoms with Crippen LogP contribution >= 0.6 is 11.8 Å². The molecule has 0 N–H and O–H groups in total. The number of nitrogens with zero attached hydrogens (tertiary/aromatic N) is 3. The lowest BCUT2D eigenvalue weighted by molar-refractivity contribution is -0.120. The van der Waals surface area contributed by atoms with Crippen molar-refractivity contribution < 1.29 is 19.1 Å². The molecule has 0 saturated carbocycles. The van der Waals surface area contributed by atoms with E-state index in [-0.39, 0.29) is 11.8 Å². The van der Waals surface area contributed by atoms with Crippen molar-refractivity contribution >= 4 is 29.3 Å². The third-order valence-corrected chi connectivity index (χ3v) is 7.43. The predicted molar refractivity (Wildman–Crippen MR) is 131 cm³/mol. The Morgan fingerprint density at radius 1 is 0.970 bits per heavy atom. The number of carbonyl (C=O) groups is 2. The fourth-order valence-corrected chi connectivity index (χ4v) is 5.40. The van der Waals surface area contributed by atoms with E-state index in [4.69, 9.17) is 9.47 Å². The number of methoxy groups -OCH3 is 2. The van der Waals surface area contributed by atoms with E-state index in [2.05, 4.69) is 17.9 Å². The summed E-state index contributed by atoms with van der Waals surface area (Å²) in [4.78, 5) is 33.3. The first kappa shape index (κ1) is 23.4. The number of piperazine rings is 1. The van der Waals surface area contributed by atoms with Crippen LogP contribution in [0.3, 0.4) is 0 Å². The lowest BCUT2D eigenvalue weighted by atomic mass is 10.1. The van der Waals surface area contributed by atoms with E-state index in [0.29, 0.717) is 55.0 Å². The van der Waals surface area contributed by atoms with Gasteiger partial charge in [0.25, 0.3) is 5.91 Å². The Bertz CT molecular complexity index is 1010. The summed E-state index contributed by atoms with van der Waals surface area (Å²) in [5.41, 5.74) is 1.59. The van der Waals surface area contributed by atoms with Crippen LogP contribution in [0.5, 0.6) is 11.5 Å². The van der Waals surface area contributed by atoms with E-state index in [9.17, 15) is 9.59 Å². The molecular weight excluding hydrogens is 438 g/mol. The number of ether oxygens (including phenoxy) is 2. The molecule has 8 heteroatoms. The number of hydrogen-bond acceptors (Lipinski definition) is 6. The third kappa shape index (κ3) is 5.28. The smallest absolute Gasteiger partial charge is 0.254 e. The van der Waals surface area contributed by atoms with Gasteiger partial charge in [-0.05, 0) is 36.8 Å². The second kappa shape index (κ2) is 10.5. The molecule has 2 heterocycles. The summed E-state index contributed by atoms with van der Waals surface area (Å²) >= 11 is 1.84. The predicted octanol–water partition coefficient (Wildman–Crippen LogP) is 3.38. The van der Waals surface area contributed by atoms with Gasteiger partial charge in [0.1, 0.15) is 0 Å². The van der Waals surface area contributed by atoms with Crippen molar-refractivity contribution in [3.8, 4) is 11.5 Å². The molecule has 7 nitrogen and oxygen atoms in total. The molecule has 1 saturated heterocycles. The Morgan fingerprint density at radius 2 is 1.70 bits per heavy atom. The fourth-order valence-electron chi connectivity index (χ4n) is 4.28. The molecular formula is C25H31N3O4S. The summed E-state index contributed by atoms with van der Waals surface area (Å²) < 4.78 is 10.6. The summed E-state index contributed by atoms with van der Waals surface area (Å²) in [7, 11) is 3.13. The summed E-state index contributed by atoms with van der Waals surface area (Å²) in [5, 5.41) is 0.482. The number of thioether (sulfide) groups is 1. The van der Waals surface area contributed by atoms with E-state index in [0.717, 1.165) is 18.7 Å². The molecule has 2 aromatic rings. The van der Waals surface area contributed by atoms with Gasteiger partial charge in [0.05, 0.1) is 26.5 Å². The average Bonchev–Trinajstić information content (AvgIpc) is 3.01. The summed E-state index contributed by atoms with van der Waals surface area (Å²) in [6, 6.07) is 13.4. The Morgan fingerprint density at radius 3 is 2.42 bits per heavy atom. The van der Waals surface area contributed by atoms with Gasteiger partial charge < -0.3 is 19.3 Å². The molecule has 2 aliphatic rings. The van der Waals surface area contributed by atoms with Crippen LogP contribution in [0.2, 0.25) is 0 Å². The molecule has 176 valence electrons. The maximum atomic E-state index is 13.2. The van der Waals surface area contributed by atoms with Crippen molar-refractivity contribution in [3.05, 3.63) is 48.0 Å². The van der Waals surface area contributed by atoms with Crippen LogP contribution in [0.15, 0.2) is 47.4 Å². The van der Waals surface area contributed by atoms with Gasteiger partial charge in [-0.3, -0.25) is 14.5 Å². The molecule has 0 radical (unpaired) electrons. The highest BCUT2D eigenvalue weighted by Gasteiger charge is 2.28. The maximum absolute atomic E-state index is 13.2. The van der Waals surface area contributed by atoms with Crippen molar-refractivity contribution in [3.63, 3.8) is 0 Å². The lowest BCUT2D eigenvalue weighted by Gasteiger charge is -2.35. The molecule has 2 amide bonds. The molecule has 2 aromatic carbocycles. The van der Waals surface area contributed by atoms with Gasteiger partial charge in [0.2, 0.25) is 5.91 Å². The number of amides is 2. The number of carbonyl (C=O) groups excluding carboxylic acids is 2. The summed E-state index contributed by atoms with van der Waals surface area (Å²) in [6.07, 6.45) is 0.971. The van der Waals surface area contributed by atoms with Crippen LogP contribution in [0.4, 0.5) is 5.69 Å². The van der Waals surface area contributed by atoms with Gasteiger partial charge in [-0.25, -0.2) is 0 Å². The number of hydrogen-bond donors (Lipinski definition) is 0. The second-order valence-corrected chi connectivity index (χ2v) is 9.85. The molecule has 0 aromatic heterocycles. The topological polar surface area (TPSA) is 62.3 Å². The minimum atomic E-state index is -0.0330. The van der Waals surface area contributed by atoms with Gasteiger partial charge in [-0.15, -0.1) is 11.8 Å². The van der Waals surface area contributed by atoms with E-state index in [1.165, 1.54) is 4.90 Å². The fraction of sp³-hybridized carbons (Fsp3) is 0.440. The zero-order valence-corrected chi connectivity index (χ0v) is 20.3. The molecule has 1 unspecified atom stereocenters. The standard InChI is InChI=1S/C25H31N3O4S/c1-18-10-11-28(20-6-4-5-7-23(20)33-18)24(29)17-26-12-14-27(15-13-26)25(30)19-8-9-21(31-2)22(16-19)32-3/h4-9,16,18H,10-15,17H2,1-3H3. The van der Waals surface area contributed by atoms with Crippen molar-refractivity contribution in [2.24, 2.45) is 0 Å². The van der Waals surface area contributed by atoms with Crippen molar-refractivity contribution in [2.45, 2.75) is 23.5 Å². The number of rotatable bonds is 5. The number of para-hydroxylation sites is 1. The first-order chi connectivity index (χ1) is 16.0. The molecule has 0 spiro atoms. The van der Waals surface area contributed by atoms with Crippen LogP contribution in [-0.4, -0.2) is 80.4 Å². The van der Waals surface area contributed by atoms with E-state index in [1.54, 1.807) is 32.4 Å². The molecule has 1 fully saturated rings. The largest absolute Gasteiger partial charge is 0.493 e. The van der Waals surface area contributed by atoms with Gasteiger partial charge in [0, 0.05) is 48.4 Å². The van der Waals surface area contributed by atoms with Crippen LogP contribution in [-0.2, 0) is 4.79 Å². The number of benzene rings is 2. The summed E-state index contributed by atoms with van der Waals surface area (Å²) in [6.45, 7) is 5.84. The van der Waals surface area contributed by atoms with Crippen molar-refractivity contribution in [2.75, 3.05) is 58.4 Å². The second-order valence-electron chi connectivity index (χ2n) is 8.37. The molecule has 0 bridgehead atoms. The first-order valence-corrected chi connectivity index (χ1v) is 12.2. The highest BCUT2D eigenvalue weighted by atomic mass is 32.2. The zero-order chi connectivity index (χ0) is 23.4. The van der Waals surface area contributed by atoms with Crippen LogP contribution < -0.4 is 14.4 Å². The van der Waals surface area contributed by atoms with E-state index >= 15 is 0 Å². The highest BCUT2D eigenvalue weighted by Crippen LogP contribution is 2.37. The summed E-state index contributed by atoms with van der Waals surface area (Å²) in [5.74, 6) is 1.23. The van der Waals surface area contributed by atoms with Crippen molar-refractivity contribution in [1.29, 1.82) is 0 Å². The quantitative estimate of drug-likeness (QED) is 0.669. The molecule has 33 heavy (non-hydrogen) atoms. The van der Waals surface area contributed by atoms with Gasteiger partial charge >= 0.3 is 0 Å². The van der Waals surface area contributed by atoms with E-state index < -0.39 is 0 Å². The average molecular weight is 470 g/mol. The Hall–Kier alpha value is -2.71. The normalized spacial score (nSPS) is 18.9. The molecule has 1 atom stereocenters. The number of anilines is 1. The molecule has 2 aliphatic heterocycles. The Balaban J connectivity index is 1.36. The van der Waals surface area contributed by atoms with Gasteiger partial charge in [0.15, 0.2) is 11.5 Å². The first-order valence-electron chi connectivity index (χ1n) is 11.3. The minimum Gasteiger partial charge on any atom is -0.493 e.